The number of aromatic nitrogens is 2. The SMILES string of the molecule is Cn1ccnc1CN1CCC(C(=O)NC2CC(c3ccccc3Br)NN2)CC1. The molecule has 8 heteroatoms. The predicted octanol–water partition coefficient (Wildman–Crippen LogP) is 2.08. The molecular formula is C20H27BrN6O. The molecule has 2 unspecified atom stereocenters. The molecule has 0 spiro atoms. The number of aryl methyl sites for hydroxylation is 1. The summed E-state index contributed by atoms with van der Waals surface area (Å²) < 4.78 is 3.14. The van der Waals surface area contributed by atoms with Gasteiger partial charge >= 0.3 is 0 Å². The Morgan fingerprint density at radius 2 is 2.07 bits per heavy atom. The van der Waals surface area contributed by atoms with Crippen LogP contribution in [0, 0.1) is 5.92 Å². The molecule has 0 saturated carbocycles. The number of halogens is 1. The largest absolute Gasteiger partial charge is 0.339 e. The van der Waals surface area contributed by atoms with Gasteiger partial charge in [-0.15, -0.1) is 0 Å². The van der Waals surface area contributed by atoms with Crippen LogP contribution in [0.4, 0.5) is 0 Å². The standard InChI is InChI=1S/C20H27BrN6O/c1-26-11-8-22-19(26)13-27-9-6-14(7-10-27)20(28)23-18-12-17(24-25-18)15-4-2-3-5-16(15)21/h2-5,8,11,14,17-18,24-25H,6-7,9-10,12-13H2,1H3,(H,23,28). The number of carbonyl (C=O) groups is 1. The third kappa shape index (κ3) is 4.46. The lowest BCUT2D eigenvalue weighted by Gasteiger charge is -2.31. The molecule has 1 aromatic heterocycles. The van der Waals surface area contributed by atoms with Crippen LogP contribution in [0.15, 0.2) is 41.1 Å². The third-order valence-corrected chi connectivity index (χ3v) is 6.47. The Labute approximate surface area is 174 Å². The van der Waals surface area contributed by atoms with E-state index < -0.39 is 0 Å². The van der Waals surface area contributed by atoms with E-state index in [2.05, 4.69) is 52.6 Å². The van der Waals surface area contributed by atoms with Gasteiger partial charge in [-0.3, -0.25) is 9.69 Å². The molecular weight excluding hydrogens is 420 g/mol. The number of nitrogens with one attached hydrogen (secondary N) is 3. The van der Waals surface area contributed by atoms with Gasteiger partial charge in [-0.25, -0.2) is 15.8 Å². The van der Waals surface area contributed by atoms with Crippen LogP contribution in [-0.4, -0.2) is 39.6 Å². The van der Waals surface area contributed by atoms with Crippen LogP contribution in [0.2, 0.25) is 0 Å². The number of amides is 1. The molecule has 2 atom stereocenters. The van der Waals surface area contributed by atoms with Gasteiger partial charge in [0, 0.05) is 36.3 Å². The highest BCUT2D eigenvalue weighted by Gasteiger charge is 2.31. The Bertz CT molecular complexity index is 817. The Morgan fingerprint density at radius 1 is 1.29 bits per heavy atom. The molecule has 0 radical (unpaired) electrons. The van der Waals surface area contributed by atoms with Crippen molar-refractivity contribution in [2.75, 3.05) is 13.1 Å². The number of hydrogen-bond donors (Lipinski definition) is 3. The fourth-order valence-electron chi connectivity index (χ4n) is 4.00. The summed E-state index contributed by atoms with van der Waals surface area (Å²) in [6.07, 6.45) is 6.37. The van der Waals surface area contributed by atoms with Crippen molar-refractivity contribution in [3.63, 3.8) is 0 Å². The fourth-order valence-corrected chi connectivity index (χ4v) is 4.56. The summed E-state index contributed by atoms with van der Waals surface area (Å²) in [5.41, 5.74) is 7.72. The molecule has 2 aliphatic rings. The van der Waals surface area contributed by atoms with Crippen LogP contribution in [0.5, 0.6) is 0 Å². The van der Waals surface area contributed by atoms with Gasteiger partial charge < -0.3 is 9.88 Å². The number of nitrogens with zero attached hydrogens (tertiary/aromatic N) is 3. The van der Waals surface area contributed by atoms with E-state index in [1.165, 1.54) is 5.56 Å². The van der Waals surface area contributed by atoms with Gasteiger partial charge in [0.2, 0.25) is 5.91 Å². The Balaban J connectivity index is 1.24. The summed E-state index contributed by atoms with van der Waals surface area (Å²) in [6, 6.07) is 8.37. The Morgan fingerprint density at radius 3 is 2.79 bits per heavy atom. The van der Waals surface area contributed by atoms with Crippen LogP contribution < -0.4 is 16.2 Å². The number of likely N-dealkylation sites (tertiary alicyclic amines) is 1. The van der Waals surface area contributed by atoms with Crippen LogP contribution >= 0.6 is 15.9 Å². The summed E-state index contributed by atoms with van der Waals surface area (Å²) in [5.74, 6) is 1.31. The average Bonchev–Trinajstić information content (AvgIpc) is 3.32. The van der Waals surface area contributed by atoms with E-state index in [0.29, 0.717) is 0 Å². The summed E-state index contributed by atoms with van der Waals surface area (Å²) in [5, 5.41) is 3.17. The molecule has 2 aromatic rings. The molecule has 0 bridgehead atoms. The minimum absolute atomic E-state index is 0.0461. The van der Waals surface area contributed by atoms with Crippen molar-refractivity contribution in [1.82, 2.24) is 30.6 Å². The highest BCUT2D eigenvalue weighted by molar-refractivity contribution is 9.10. The minimum atomic E-state index is -0.0461. The van der Waals surface area contributed by atoms with Crippen molar-refractivity contribution in [2.45, 2.75) is 38.0 Å². The van der Waals surface area contributed by atoms with Gasteiger partial charge in [-0.05, 0) is 37.6 Å². The Hall–Kier alpha value is -1.74. The first kappa shape index (κ1) is 19.6. The first-order valence-corrected chi connectivity index (χ1v) is 10.6. The van der Waals surface area contributed by atoms with Crippen LogP contribution in [-0.2, 0) is 18.4 Å². The third-order valence-electron chi connectivity index (χ3n) is 5.74. The van der Waals surface area contributed by atoms with E-state index in [1.807, 2.05) is 37.6 Å². The molecule has 150 valence electrons. The monoisotopic (exact) mass is 446 g/mol. The molecule has 7 nitrogen and oxygen atoms in total. The van der Waals surface area contributed by atoms with E-state index in [1.54, 1.807) is 0 Å². The summed E-state index contributed by atoms with van der Waals surface area (Å²) >= 11 is 3.60. The molecule has 1 amide bonds. The summed E-state index contributed by atoms with van der Waals surface area (Å²) in [6.45, 7) is 2.71. The van der Waals surface area contributed by atoms with Gasteiger partial charge in [-0.2, -0.15) is 0 Å². The maximum Gasteiger partial charge on any atom is 0.224 e. The molecule has 3 heterocycles. The summed E-state index contributed by atoms with van der Waals surface area (Å²) in [7, 11) is 2.02. The van der Waals surface area contributed by atoms with Gasteiger partial charge in [0.05, 0.1) is 18.8 Å². The number of carbonyl (C=O) groups excluding carboxylic acids is 1. The fraction of sp³-hybridized carbons (Fsp3) is 0.500. The van der Waals surface area contributed by atoms with Crippen LogP contribution in [0.25, 0.3) is 0 Å². The summed E-state index contributed by atoms with van der Waals surface area (Å²) in [4.78, 5) is 19.5. The van der Waals surface area contributed by atoms with Crippen LogP contribution in [0.3, 0.4) is 0 Å². The molecule has 3 N–H and O–H groups in total. The van der Waals surface area contributed by atoms with E-state index in [9.17, 15) is 4.79 Å². The highest BCUT2D eigenvalue weighted by atomic mass is 79.9. The van der Waals surface area contributed by atoms with E-state index in [-0.39, 0.29) is 24.0 Å². The number of benzene rings is 1. The molecule has 1 aromatic carbocycles. The van der Waals surface area contributed by atoms with Crippen molar-refractivity contribution >= 4 is 21.8 Å². The zero-order valence-electron chi connectivity index (χ0n) is 16.1. The minimum Gasteiger partial charge on any atom is -0.339 e. The topological polar surface area (TPSA) is 74.2 Å². The normalized spacial score (nSPS) is 23.8. The maximum atomic E-state index is 12.7. The lowest BCUT2D eigenvalue weighted by molar-refractivity contribution is -0.127. The smallest absolute Gasteiger partial charge is 0.224 e. The maximum absolute atomic E-state index is 12.7. The predicted molar refractivity (Wildman–Crippen MR) is 111 cm³/mol. The lowest BCUT2D eigenvalue weighted by Crippen LogP contribution is -2.48. The van der Waals surface area contributed by atoms with Gasteiger partial charge in [0.25, 0.3) is 0 Å². The highest BCUT2D eigenvalue weighted by Crippen LogP contribution is 2.28. The molecule has 2 saturated heterocycles. The lowest BCUT2D eigenvalue weighted by atomic mass is 9.95. The number of imidazole rings is 1. The molecule has 2 fully saturated rings. The average molecular weight is 447 g/mol. The molecule has 2 aliphatic heterocycles. The number of piperidine rings is 1. The van der Waals surface area contributed by atoms with Crippen molar-refractivity contribution < 1.29 is 4.79 Å². The van der Waals surface area contributed by atoms with Gasteiger partial charge in [0.1, 0.15) is 5.82 Å². The zero-order chi connectivity index (χ0) is 19.5. The first-order chi connectivity index (χ1) is 13.6. The molecule has 0 aliphatic carbocycles. The second kappa shape index (κ2) is 8.73. The van der Waals surface area contributed by atoms with Gasteiger partial charge in [-0.1, -0.05) is 34.1 Å². The molecule has 4 rings (SSSR count). The Kier molecular flexibility index (Phi) is 6.10. The quantitative estimate of drug-likeness (QED) is 0.655. The number of hydrazine groups is 1. The van der Waals surface area contributed by atoms with Crippen molar-refractivity contribution in [3.05, 3.63) is 52.5 Å². The van der Waals surface area contributed by atoms with Gasteiger partial charge in [0.15, 0.2) is 0 Å². The number of rotatable bonds is 5. The van der Waals surface area contributed by atoms with Crippen LogP contribution in [0.1, 0.15) is 36.7 Å². The van der Waals surface area contributed by atoms with E-state index in [0.717, 1.165) is 49.2 Å². The van der Waals surface area contributed by atoms with E-state index >= 15 is 0 Å². The second-order valence-corrected chi connectivity index (χ2v) is 8.52. The van der Waals surface area contributed by atoms with E-state index in [4.69, 9.17) is 0 Å². The van der Waals surface area contributed by atoms with Crippen molar-refractivity contribution in [3.8, 4) is 0 Å². The second-order valence-electron chi connectivity index (χ2n) is 7.66. The molecule has 28 heavy (non-hydrogen) atoms. The first-order valence-electron chi connectivity index (χ1n) is 9.84. The van der Waals surface area contributed by atoms with Crippen molar-refractivity contribution in [1.29, 1.82) is 0 Å². The zero-order valence-corrected chi connectivity index (χ0v) is 17.7. The number of hydrogen-bond acceptors (Lipinski definition) is 5. The van der Waals surface area contributed by atoms with Crippen molar-refractivity contribution in [2.24, 2.45) is 13.0 Å².